The average molecular weight is 340 g/mol. The van der Waals surface area contributed by atoms with Crippen LogP contribution in [0.4, 0.5) is 0 Å². The fourth-order valence-corrected chi connectivity index (χ4v) is 7.68. The Labute approximate surface area is 138 Å². The number of ether oxygens (including phenoxy) is 3. The minimum atomic E-state index is -1.73. The van der Waals surface area contributed by atoms with Gasteiger partial charge in [-0.3, -0.25) is 0 Å². The highest BCUT2D eigenvalue weighted by atomic mass is 28.4. The largest absolute Gasteiger partial charge is 0.393 e. The summed E-state index contributed by atoms with van der Waals surface area (Å²) in [7, 11) is -1.73. The summed E-state index contributed by atoms with van der Waals surface area (Å²) < 4.78 is 25.5. The summed E-state index contributed by atoms with van der Waals surface area (Å²) in [6.45, 7) is 8.05. The van der Waals surface area contributed by atoms with Crippen LogP contribution in [0.15, 0.2) is 0 Å². The van der Waals surface area contributed by atoms with E-state index in [0.717, 1.165) is 25.7 Å². The quantitative estimate of drug-likeness (QED) is 0.780. The zero-order valence-corrected chi connectivity index (χ0v) is 15.3. The first-order chi connectivity index (χ1) is 10.8. The number of aliphatic hydroxyl groups excluding tert-OH is 1. The minimum absolute atomic E-state index is 0.191. The van der Waals surface area contributed by atoms with Crippen molar-refractivity contribution in [2.75, 3.05) is 13.2 Å². The van der Waals surface area contributed by atoms with Gasteiger partial charge in [0, 0.05) is 24.7 Å². The van der Waals surface area contributed by atoms with Gasteiger partial charge < -0.3 is 23.7 Å². The van der Waals surface area contributed by atoms with Crippen LogP contribution < -0.4 is 0 Å². The molecule has 0 radical (unpaired) electrons. The Bertz CT molecular complexity index is 514. The summed E-state index contributed by atoms with van der Waals surface area (Å²) in [5.74, 6) is 0.193. The predicted molar refractivity (Wildman–Crippen MR) is 85.1 cm³/mol. The van der Waals surface area contributed by atoms with Crippen molar-refractivity contribution in [2.45, 2.75) is 69.1 Å². The lowest BCUT2D eigenvalue weighted by Crippen LogP contribution is -2.67. The SMILES string of the molecule is C[Si](C)(C)O[C@@]12C[C@H]3[C@@H]4[C@@H]([C@@H](CC[C@@H]4O)O1)[C@@H]2CC31OCCO1. The number of hydrogen-bond acceptors (Lipinski definition) is 5. The molecule has 4 saturated carbocycles. The molecular formula is C17H28O5Si. The Morgan fingerprint density at radius 1 is 1.00 bits per heavy atom. The molecular weight excluding hydrogens is 312 g/mol. The van der Waals surface area contributed by atoms with Gasteiger partial charge in [0.2, 0.25) is 0 Å². The van der Waals surface area contributed by atoms with Crippen LogP contribution in [0.25, 0.3) is 0 Å². The molecule has 4 bridgehead atoms. The van der Waals surface area contributed by atoms with Crippen molar-refractivity contribution in [3.63, 3.8) is 0 Å². The molecule has 7 atom stereocenters. The van der Waals surface area contributed by atoms with Crippen molar-refractivity contribution < 1.29 is 23.7 Å². The average Bonchev–Trinajstić information content (AvgIpc) is 2.99. The highest BCUT2D eigenvalue weighted by Gasteiger charge is 2.75. The van der Waals surface area contributed by atoms with Gasteiger partial charge in [0.15, 0.2) is 19.9 Å². The predicted octanol–water partition coefficient (Wildman–Crippen LogP) is 2.10. The summed E-state index contributed by atoms with van der Waals surface area (Å²) in [5, 5.41) is 10.7. The molecule has 6 rings (SSSR count). The summed E-state index contributed by atoms with van der Waals surface area (Å²) in [6, 6.07) is 0. The first-order valence-electron chi connectivity index (χ1n) is 9.18. The standard InChI is InChI=1S/C17H28O5Si/c1-23(2,3)22-17-9-10-14-12(18)4-5-13(21-17)15(14)11(17)8-16(10)19-6-7-20-16/h10-15,18H,4-9H2,1-3H3/t10-,11-,12-,13+,14-,15+,17+/m0/s1. The van der Waals surface area contributed by atoms with Gasteiger partial charge >= 0.3 is 0 Å². The number of rotatable bonds is 2. The van der Waals surface area contributed by atoms with Gasteiger partial charge in [-0.1, -0.05) is 0 Å². The monoisotopic (exact) mass is 340 g/mol. The van der Waals surface area contributed by atoms with Crippen LogP contribution in [0.3, 0.4) is 0 Å². The summed E-state index contributed by atoms with van der Waals surface area (Å²) in [4.78, 5) is 0. The van der Waals surface area contributed by atoms with Gasteiger partial charge in [-0.15, -0.1) is 0 Å². The minimum Gasteiger partial charge on any atom is -0.393 e. The molecule has 0 unspecified atom stereocenters. The van der Waals surface area contributed by atoms with Crippen LogP contribution in [-0.2, 0) is 18.6 Å². The van der Waals surface area contributed by atoms with Crippen LogP contribution in [0, 0.1) is 23.7 Å². The van der Waals surface area contributed by atoms with E-state index in [1.165, 1.54) is 0 Å². The lowest BCUT2D eigenvalue weighted by molar-refractivity contribution is -0.326. The molecule has 0 aromatic heterocycles. The lowest BCUT2D eigenvalue weighted by Gasteiger charge is -2.60. The molecule has 2 heterocycles. The maximum atomic E-state index is 10.7. The van der Waals surface area contributed by atoms with Gasteiger partial charge in [-0.25, -0.2) is 0 Å². The second-order valence-corrected chi connectivity index (χ2v) is 13.5. The molecule has 130 valence electrons. The third-order valence-electron chi connectivity index (χ3n) is 6.74. The van der Waals surface area contributed by atoms with Crippen molar-refractivity contribution in [1.29, 1.82) is 0 Å². The molecule has 6 aliphatic rings. The molecule has 0 aromatic carbocycles. The molecule has 5 nitrogen and oxygen atoms in total. The molecule has 0 aromatic rings. The first kappa shape index (κ1) is 15.3. The van der Waals surface area contributed by atoms with Gasteiger partial charge in [0.05, 0.1) is 25.4 Å². The van der Waals surface area contributed by atoms with Crippen LogP contribution in [0.1, 0.15) is 25.7 Å². The van der Waals surface area contributed by atoms with Crippen LogP contribution in [0.5, 0.6) is 0 Å². The third-order valence-corrected chi connectivity index (χ3v) is 7.70. The molecule has 6 fully saturated rings. The Hall–Kier alpha value is 0.0169. The topological polar surface area (TPSA) is 57.2 Å². The molecule has 1 spiro atoms. The Balaban J connectivity index is 1.57. The van der Waals surface area contributed by atoms with E-state index >= 15 is 0 Å². The highest BCUT2D eigenvalue weighted by Crippen LogP contribution is 2.69. The third kappa shape index (κ3) is 1.96. The zero-order chi connectivity index (χ0) is 16.0. The molecule has 4 aliphatic carbocycles. The van der Waals surface area contributed by atoms with Crippen molar-refractivity contribution in [2.24, 2.45) is 23.7 Å². The Morgan fingerprint density at radius 2 is 1.74 bits per heavy atom. The van der Waals surface area contributed by atoms with Crippen LogP contribution in [-0.4, -0.2) is 50.4 Å². The molecule has 1 N–H and O–H groups in total. The van der Waals surface area contributed by atoms with E-state index in [9.17, 15) is 5.11 Å². The first-order valence-corrected chi connectivity index (χ1v) is 12.6. The molecule has 6 heteroatoms. The maximum Gasteiger partial charge on any atom is 0.187 e. The van der Waals surface area contributed by atoms with Crippen molar-refractivity contribution in [1.82, 2.24) is 0 Å². The normalized spacial score (nSPS) is 53.2. The van der Waals surface area contributed by atoms with Gasteiger partial charge in [-0.05, 0) is 44.3 Å². The van der Waals surface area contributed by atoms with E-state index in [2.05, 4.69) is 19.6 Å². The van der Waals surface area contributed by atoms with E-state index < -0.39 is 19.9 Å². The molecule has 2 aliphatic heterocycles. The van der Waals surface area contributed by atoms with Gasteiger partial charge in [0.1, 0.15) is 0 Å². The van der Waals surface area contributed by atoms with Gasteiger partial charge in [0.25, 0.3) is 0 Å². The fraction of sp³-hybridized carbons (Fsp3) is 1.00. The Kier molecular flexibility index (Phi) is 3.05. The second-order valence-electron chi connectivity index (χ2n) is 9.11. The molecule has 0 amide bonds. The van der Waals surface area contributed by atoms with E-state index in [1.807, 2.05) is 0 Å². The fourth-order valence-electron chi connectivity index (χ4n) is 6.36. The molecule has 2 saturated heterocycles. The smallest absolute Gasteiger partial charge is 0.187 e. The van der Waals surface area contributed by atoms with E-state index in [4.69, 9.17) is 18.6 Å². The van der Waals surface area contributed by atoms with E-state index in [1.54, 1.807) is 0 Å². The summed E-state index contributed by atoms with van der Waals surface area (Å²) >= 11 is 0. The summed E-state index contributed by atoms with van der Waals surface area (Å²) in [6.07, 6.45) is 3.46. The number of aliphatic hydroxyl groups is 1. The summed E-state index contributed by atoms with van der Waals surface area (Å²) in [5.41, 5.74) is 0. The maximum absolute atomic E-state index is 10.7. The van der Waals surface area contributed by atoms with Crippen molar-refractivity contribution >= 4 is 8.32 Å². The van der Waals surface area contributed by atoms with Crippen LogP contribution in [0.2, 0.25) is 19.6 Å². The van der Waals surface area contributed by atoms with E-state index in [-0.39, 0.29) is 24.0 Å². The number of hydrogen-bond donors (Lipinski definition) is 1. The zero-order valence-electron chi connectivity index (χ0n) is 14.3. The highest BCUT2D eigenvalue weighted by molar-refractivity contribution is 6.69. The second kappa shape index (κ2) is 4.59. The van der Waals surface area contributed by atoms with Gasteiger partial charge in [-0.2, -0.15) is 0 Å². The Morgan fingerprint density at radius 3 is 2.43 bits per heavy atom. The van der Waals surface area contributed by atoms with E-state index in [0.29, 0.717) is 25.0 Å². The lowest BCUT2D eigenvalue weighted by atomic mass is 9.50. The van der Waals surface area contributed by atoms with Crippen LogP contribution >= 0.6 is 0 Å². The molecule has 23 heavy (non-hydrogen) atoms. The van der Waals surface area contributed by atoms with Crippen molar-refractivity contribution in [3.8, 4) is 0 Å². The van der Waals surface area contributed by atoms with Crippen molar-refractivity contribution in [3.05, 3.63) is 0 Å².